The molecular weight excluding hydrogens is 955 g/mol. The van der Waals surface area contributed by atoms with Crippen molar-refractivity contribution in [1.82, 2.24) is 4.57 Å². The zero-order valence-corrected chi connectivity index (χ0v) is 45.0. The van der Waals surface area contributed by atoms with E-state index < -0.39 is 0 Å². The van der Waals surface area contributed by atoms with E-state index in [1.165, 1.54) is 77.4 Å². The largest absolute Gasteiger partial charge is 0.310 e. The van der Waals surface area contributed by atoms with E-state index in [1.54, 1.807) is 0 Å². The van der Waals surface area contributed by atoms with Gasteiger partial charge in [0.15, 0.2) is 0 Å². The Labute approximate surface area is 464 Å². The molecule has 378 valence electrons. The van der Waals surface area contributed by atoms with E-state index >= 15 is 0 Å². The van der Waals surface area contributed by atoms with Crippen LogP contribution in [-0.2, 0) is 10.8 Å². The highest BCUT2D eigenvalue weighted by atomic mass is 15.1. The third-order valence-electron chi connectivity index (χ3n) is 16.7. The monoisotopic (exact) mass is 1010 g/mol. The smallest absolute Gasteiger partial charge is 0.0541 e. The second-order valence-corrected chi connectivity index (χ2v) is 22.2. The van der Waals surface area contributed by atoms with E-state index in [0.29, 0.717) is 0 Å². The number of benzene rings is 11. The molecule has 11 aromatic carbocycles. The molecule has 2 aliphatic carbocycles. The summed E-state index contributed by atoms with van der Waals surface area (Å²) in [6, 6.07) is 95.3. The SMILES string of the molecule is CC1(C)c2cc(/C=C/c3ccc4c(c3)c3cc(/C=C/c5ccc6c(c5)C(C)(C)c5cc(N(c7ccccc7)c7ccccc7)ccc5-6)ccc3n4-c3ccccc3)ccc2-c2ccc(N(c3ccccc3)c3ccccc3)cc21. The Balaban J connectivity index is 0.764. The number of rotatable bonds is 11. The Hall–Kier alpha value is -9.70. The highest BCUT2D eigenvalue weighted by Crippen LogP contribution is 2.53. The summed E-state index contributed by atoms with van der Waals surface area (Å²) in [6.07, 6.45) is 9.11. The quantitative estimate of drug-likeness (QED) is 0.120. The van der Waals surface area contributed by atoms with E-state index in [-0.39, 0.29) is 10.8 Å². The standard InChI is InChI=1S/C76H59N3/c1-75(2)69-48-54(34-40-63(69)65-42-38-61(50-71(65)75)77(56-20-10-5-11-21-56)57-22-12-6-13-23-57)32-30-52-36-44-73-67(46-52)68-47-53(37-45-74(68)79(73)60-28-18-9-19-29-60)31-33-55-35-41-64-66-43-39-62(51-72(66)76(3,4)70(64)49-55)78(58-24-14-7-15-25-58)59-26-16-8-17-27-59/h5-51H,1-4H3/b32-30+,33-31+. The van der Waals surface area contributed by atoms with Gasteiger partial charge >= 0.3 is 0 Å². The average Bonchev–Trinajstić information content (AvgIpc) is 4.23. The molecule has 1 heterocycles. The molecular formula is C76H59N3. The van der Waals surface area contributed by atoms with Crippen molar-refractivity contribution in [2.24, 2.45) is 0 Å². The zero-order chi connectivity index (χ0) is 53.2. The number of hydrogen-bond donors (Lipinski definition) is 0. The minimum atomic E-state index is -0.184. The first-order valence-corrected chi connectivity index (χ1v) is 27.6. The number of nitrogens with zero attached hydrogens (tertiary/aromatic N) is 3. The van der Waals surface area contributed by atoms with Gasteiger partial charge in [0.2, 0.25) is 0 Å². The molecule has 1 aromatic heterocycles. The molecule has 0 N–H and O–H groups in total. The Morgan fingerprint density at radius 1 is 0.278 bits per heavy atom. The Bertz CT molecular complexity index is 4000. The average molecular weight is 1010 g/mol. The van der Waals surface area contributed by atoms with Gasteiger partial charge in [-0.3, -0.25) is 0 Å². The summed E-state index contributed by atoms with van der Waals surface area (Å²) in [5.41, 5.74) is 25.4. The van der Waals surface area contributed by atoms with Crippen LogP contribution >= 0.6 is 0 Å². The maximum atomic E-state index is 2.40. The van der Waals surface area contributed by atoms with E-state index in [0.717, 1.165) is 50.9 Å². The molecule has 12 aromatic rings. The van der Waals surface area contributed by atoms with E-state index in [1.807, 2.05) is 0 Å². The number of hydrogen-bond acceptors (Lipinski definition) is 2. The van der Waals surface area contributed by atoms with Crippen molar-refractivity contribution in [3.8, 4) is 27.9 Å². The molecule has 0 atom stereocenters. The molecule has 0 saturated carbocycles. The van der Waals surface area contributed by atoms with Crippen LogP contribution in [-0.4, -0.2) is 4.57 Å². The molecule has 0 spiro atoms. The molecule has 0 bridgehead atoms. The fourth-order valence-electron chi connectivity index (χ4n) is 12.7. The van der Waals surface area contributed by atoms with Gasteiger partial charge in [0.05, 0.1) is 11.0 Å². The molecule has 2 aliphatic rings. The van der Waals surface area contributed by atoms with Gasteiger partial charge in [0.25, 0.3) is 0 Å². The van der Waals surface area contributed by atoms with Crippen LogP contribution in [0.15, 0.2) is 261 Å². The number of para-hydroxylation sites is 5. The zero-order valence-electron chi connectivity index (χ0n) is 45.0. The molecule has 0 unspecified atom stereocenters. The third kappa shape index (κ3) is 8.29. The molecule has 0 amide bonds. The number of fused-ring (bicyclic) bond motifs is 9. The third-order valence-corrected chi connectivity index (χ3v) is 16.7. The van der Waals surface area contributed by atoms with Crippen LogP contribution in [0.2, 0.25) is 0 Å². The lowest BCUT2D eigenvalue weighted by molar-refractivity contribution is 0.660. The minimum Gasteiger partial charge on any atom is -0.310 e. The molecule has 3 nitrogen and oxygen atoms in total. The first-order valence-electron chi connectivity index (χ1n) is 27.6. The maximum Gasteiger partial charge on any atom is 0.0541 e. The highest BCUT2D eigenvalue weighted by molar-refractivity contribution is 6.11. The fourth-order valence-corrected chi connectivity index (χ4v) is 12.7. The van der Waals surface area contributed by atoms with Crippen LogP contribution in [0.1, 0.15) is 72.2 Å². The Morgan fingerprint density at radius 2 is 0.570 bits per heavy atom. The number of aromatic nitrogens is 1. The molecule has 3 heteroatoms. The Morgan fingerprint density at radius 3 is 0.924 bits per heavy atom. The summed E-state index contributed by atoms with van der Waals surface area (Å²) >= 11 is 0. The molecule has 0 aliphatic heterocycles. The van der Waals surface area contributed by atoms with Gasteiger partial charge in [-0.1, -0.05) is 204 Å². The summed E-state index contributed by atoms with van der Waals surface area (Å²) in [4.78, 5) is 4.71. The van der Waals surface area contributed by atoms with Crippen LogP contribution in [0.3, 0.4) is 0 Å². The van der Waals surface area contributed by atoms with Crippen molar-refractivity contribution >= 4 is 80.2 Å². The van der Waals surface area contributed by atoms with E-state index in [9.17, 15) is 0 Å². The Kier molecular flexibility index (Phi) is 11.5. The molecule has 0 radical (unpaired) electrons. The van der Waals surface area contributed by atoms with Gasteiger partial charge in [-0.2, -0.15) is 0 Å². The first-order chi connectivity index (χ1) is 38.7. The molecule has 14 rings (SSSR count). The van der Waals surface area contributed by atoms with Crippen molar-refractivity contribution in [2.75, 3.05) is 9.80 Å². The topological polar surface area (TPSA) is 11.4 Å². The van der Waals surface area contributed by atoms with Crippen molar-refractivity contribution in [3.05, 3.63) is 305 Å². The van der Waals surface area contributed by atoms with Gasteiger partial charge < -0.3 is 14.4 Å². The van der Waals surface area contributed by atoms with Crippen LogP contribution in [0.25, 0.3) is 74.1 Å². The van der Waals surface area contributed by atoms with Crippen molar-refractivity contribution in [2.45, 2.75) is 38.5 Å². The van der Waals surface area contributed by atoms with Crippen molar-refractivity contribution in [3.63, 3.8) is 0 Å². The maximum absolute atomic E-state index is 2.40. The second-order valence-electron chi connectivity index (χ2n) is 22.2. The molecule has 79 heavy (non-hydrogen) atoms. The fraction of sp³-hybridized carbons (Fsp3) is 0.0789. The lowest BCUT2D eigenvalue weighted by Crippen LogP contribution is -2.16. The summed E-state index contributed by atoms with van der Waals surface area (Å²) in [6.45, 7) is 9.49. The summed E-state index contributed by atoms with van der Waals surface area (Å²) < 4.78 is 2.40. The van der Waals surface area contributed by atoms with Crippen molar-refractivity contribution < 1.29 is 0 Å². The minimum absolute atomic E-state index is 0.184. The van der Waals surface area contributed by atoms with Gasteiger partial charge in [-0.25, -0.2) is 0 Å². The van der Waals surface area contributed by atoms with Crippen LogP contribution in [0.5, 0.6) is 0 Å². The predicted molar refractivity (Wildman–Crippen MR) is 336 cm³/mol. The predicted octanol–water partition coefficient (Wildman–Crippen LogP) is 20.7. The van der Waals surface area contributed by atoms with Gasteiger partial charge in [-0.15, -0.1) is 0 Å². The lowest BCUT2D eigenvalue weighted by Gasteiger charge is -2.28. The second kappa shape index (κ2) is 19.1. The first kappa shape index (κ1) is 47.7. The van der Waals surface area contributed by atoms with Crippen LogP contribution in [0.4, 0.5) is 34.1 Å². The highest BCUT2D eigenvalue weighted by Gasteiger charge is 2.38. The van der Waals surface area contributed by atoms with E-state index in [4.69, 9.17) is 0 Å². The normalized spacial score (nSPS) is 13.7. The van der Waals surface area contributed by atoms with Gasteiger partial charge in [0.1, 0.15) is 0 Å². The number of anilines is 6. The van der Waals surface area contributed by atoms with Gasteiger partial charge in [-0.05, 0) is 176 Å². The van der Waals surface area contributed by atoms with Crippen LogP contribution in [0, 0.1) is 0 Å². The summed E-state index contributed by atoms with van der Waals surface area (Å²) in [7, 11) is 0. The lowest BCUT2D eigenvalue weighted by atomic mass is 9.81. The summed E-state index contributed by atoms with van der Waals surface area (Å²) in [5, 5.41) is 2.46. The van der Waals surface area contributed by atoms with Crippen LogP contribution < -0.4 is 9.80 Å². The molecule has 0 fully saturated rings. The van der Waals surface area contributed by atoms with E-state index in [2.05, 4.69) is 327 Å². The van der Waals surface area contributed by atoms with Gasteiger partial charge in [0, 0.05) is 61.4 Å². The summed E-state index contributed by atoms with van der Waals surface area (Å²) in [5.74, 6) is 0. The van der Waals surface area contributed by atoms with Crippen molar-refractivity contribution in [1.29, 1.82) is 0 Å². The molecule has 0 saturated heterocycles.